The third-order valence-electron chi connectivity index (χ3n) is 4.65. The van der Waals surface area contributed by atoms with Gasteiger partial charge in [-0.25, -0.2) is 0 Å². The zero-order chi connectivity index (χ0) is 18.4. The summed E-state index contributed by atoms with van der Waals surface area (Å²) in [5.41, 5.74) is 0. The van der Waals surface area contributed by atoms with Gasteiger partial charge in [0, 0.05) is 67.9 Å². The fourth-order valence-electron chi connectivity index (χ4n) is 3.18. The first-order chi connectivity index (χ1) is 12.7. The molecule has 1 fully saturated rings. The Kier molecular flexibility index (Phi) is 7.28. The van der Waals surface area contributed by atoms with Crippen molar-refractivity contribution >= 4 is 38.9 Å². The summed E-state index contributed by atoms with van der Waals surface area (Å²) in [6.07, 6.45) is 0.853. The smallest absolute Gasteiger partial charge is 0.234 e. The number of thiophene rings is 1. The molecule has 0 radical (unpaired) electrons. The number of nitrogens with one attached hydrogen (secondary N) is 1. The van der Waals surface area contributed by atoms with Crippen molar-refractivity contribution in [3.63, 3.8) is 0 Å². The van der Waals surface area contributed by atoms with Crippen molar-refractivity contribution in [3.8, 4) is 0 Å². The van der Waals surface area contributed by atoms with Crippen LogP contribution in [0.15, 0.2) is 24.3 Å². The summed E-state index contributed by atoms with van der Waals surface area (Å²) in [5.74, 6) is 0.0992. The van der Waals surface area contributed by atoms with Crippen molar-refractivity contribution in [1.82, 2.24) is 15.1 Å². The van der Waals surface area contributed by atoms with Crippen LogP contribution in [0.25, 0.3) is 10.1 Å². The first-order valence-corrected chi connectivity index (χ1v) is 10.2. The molecule has 3 rings (SSSR count). The van der Waals surface area contributed by atoms with Gasteiger partial charge in [-0.1, -0.05) is 29.8 Å². The monoisotopic (exact) mass is 395 g/mol. The van der Waals surface area contributed by atoms with E-state index in [4.69, 9.17) is 16.3 Å². The lowest BCUT2D eigenvalue weighted by molar-refractivity contribution is -0.122. The Morgan fingerprint density at radius 3 is 2.69 bits per heavy atom. The van der Waals surface area contributed by atoms with Crippen LogP contribution in [0, 0.1) is 0 Å². The molecule has 0 atom stereocenters. The average molecular weight is 396 g/mol. The Morgan fingerprint density at radius 1 is 1.23 bits per heavy atom. The topological polar surface area (TPSA) is 44.8 Å². The number of piperazine rings is 1. The van der Waals surface area contributed by atoms with Gasteiger partial charge in [-0.2, -0.15) is 0 Å². The van der Waals surface area contributed by atoms with Gasteiger partial charge in [0.2, 0.25) is 5.91 Å². The number of halogens is 1. The quantitative estimate of drug-likeness (QED) is 0.698. The lowest BCUT2D eigenvalue weighted by Crippen LogP contribution is -2.49. The van der Waals surface area contributed by atoms with E-state index in [0.29, 0.717) is 19.7 Å². The molecule has 1 aliphatic heterocycles. The van der Waals surface area contributed by atoms with Gasteiger partial charge in [0.15, 0.2) is 0 Å². The highest BCUT2D eigenvalue weighted by Crippen LogP contribution is 2.35. The van der Waals surface area contributed by atoms with E-state index in [0.717, 1.165) is 49.6 Å². The van der Waals surface area contributed by atoms with Crippen LogP contribution in [0.5, 0.6) is 0 Å². The Labute approximate surface area is 163 Å². The maximum atomic E-state index is 12.0. The van der Waals surface area contributed by atoms with Crippen LogP contribution < -0.4 is 5.32 Å². The molecule has 1 N–H and O–H groups in total. The summed E-state index contributed by atoms with van der Waals surface area (Å²) in [6, 6.07) is 8.29. The molecule has 1 amide bonds. The second-order valence-electron chi connectivity index (χ2n) is 6.58. The third kappa shape index (κ3) is 5.18. The number of hydrogen-bond donors (Lipinski definition) is 1. The summed E-state index contributed by atoms with van der Waals surface area (Å²) >= 11 is 8.34. The number of benzene rings is 1. The van der Waals surface area contributed by atoms with Crippen LogP contribution in [0.3, 0.4) is 0 Å². The second kappa shape index (κ2) is 9.67. The Balaban J connectivity index is 1.43. The maximum Gasteiger partial charge on any atom is 0.234 e. The van der Waals surface area contributed by atoms with Crippen LogP contribution in [-0.4, -0.2) is 68.7 Å². The minimum absolute atomic E-state index is 0.0992. The summed E-state index contributed by atoms with van der Waals surface area (Å²) in [4.78, 5) is 17.8. The molecular formula is C19H26ClN3O2S. The molecule has 0 spiro atoms. The number of nitrogens with zero attached hydrogens (tertiary/aromatic N) is 2. The number of fused-ring (bicyclic) bond motifs is 1. The number of carbonyl (C=O) groups is 1. The molecule has 0 unspecified atom stereocenters. The van der Waals surface area contributed by atoms with Gasteiger partial charge >= 0.3 is 0 Å². The molecular weight excluding hydrogens is 370 g/mol. The normalized spacial score (nSPS) is 16.2. The first kappa shape index (κ1) is 19.6. The van der Waals surface area contributed by atoms with E-state index in [2.05, 4.69) is 33.3 Å². The Morgan fingerprint density at radius 2 is 1.96 bits per heavy atom. The molecule has 7 heteroatoms. The molecule has 1 aliphatic rings. The van der Waals surface area contributed by atoms with Gasteiger partial charge in [0.25, 0.3) is 0 Å². The van der Waals surface area contributed by atoms with Crippen LogP contribution in [0.1, 0.15) is 11.3 Å². The van der Waals surface area contributed by atoms with E-state index in [9.17, 15) is 4.79 Å². The molecule has 1 aromatic carbocycles. The van der Waals surface area contributed by atoms with Crippen LogP contribution >= 0.6 is 22.9 Å². The summed E-state index contributed by atoms with van der Waals surface area (Å²) in [7, 11) is 1.67. The maximum absolute atomic E-state index is 12.0. The highest BCUT2D eigenvalue weighted by atomic mass is 35.5. The van der Waals surface area contributed by atoms with Crippen LogP contribution in [0.2, 0.25) is 5.02 Å². The van der Waals surface area contributed by atoms with Gasteiger partial charge in [0.1, 0.15) is 0 Å². The zero-order valence-electron chi connectivity index (χ0n) is 15.2. The van der Waals surface area contributed by atoms with Crippen molar-refractivity contribution < 1.29 is 9.53 Å². The van der Waals surface area contributed by atoms with Crippen LogP contribution in [-0.2, 0) is 16.1 Å². The standard InChI is InChI=1S/C19H26ClN3O2S/c1-25-12-4-7-21-18(24)14-23-10-8-22(9-11-23)13-17-19(20)15-5-2-3-6-16(15)26-17/h2-3,5-6H,4,7-14H2,1H3,(H,21,24). The molecule has 26 heavy (non-hydrogen) atoms. The SMILES string of the molecule is COCCCNC(=O)CN1CCN(Cc2sc3ccccc3c2Cl)CC1. The predicted molar refractivity (Wildman–Crippen MR) is 108 cm³/mol. The number of methoxy groups -OCH3 is 1. The van der Waals surface area contributed by atoms with E-state index in [1.54, 1.807) is 18.4 Å². The molecule has 1 aromatic heterocycles. The van der Waals surface area contributed by atoms with Crippen LogP contribution in [0.4, 0.5) is 0 Å². The van der Waals surface area contributed by atoms with Gasteiger partial charge in [-0.15, -0.1) is 11.3 Å². The number of carbonyl (C=O) groups excluding carboxylic acids is 1. The van der Waals surface area contributed by atoms with Gasteiger partial charge < -0.3 is 10.1 Å². The zero-order valence-corrected chi connectivity index (χ0v) is 16.7. The molecule has 1 saturated heterocycles. The summed E-state index contributed by atoms with van der Waals surface area (Å²) in [6.45, 7) is 6.46. The number of hydrogen-bond acceptors (Lipinski definition) is 5. The van der Waals surface area contributed by atoms with E-state index in [-0.39, 0.29) is 5.91 Å². The number of amides is 1. The van der Waals surface area contributed by atoms with Crippen molar-refractivity contribution in [3.05, 3.63) is 34.2 Å². The molecule has 142 valence electrons. The highest BCUT2D eigenvalue weighted by Gasteiger charge is 2.20. The highest BCUT2D eigenvalue weighted by molar-refractivity contribution is 7.19. The molecule has 2 aromatic rings. The largest absolute Gasteiger partial charge is 0.385 e. The van der Waals surface area contributed by atoms with Gasteiger partial charge in [-0.05, 0) is 12.5 Å². The lowest BCUT2D eigenvalue weighted by atomic mass is 10.2. The third-order valence-corrected chi connectivity index (χ3v) is 6.35. The van der Waals surface area contributed by atoms with E-state index >= 15 is 0 Å². The van der Waals surface area contributed by atoms with E-state index in [1.165, 1.54) is 9.58 Å². The van der Waals surface area contributed by atoms with E-state index in [1.807, 2.05) is 6.07 Å². The van der Waals surface area contributed by atoms with Crippen molar-refractivity contribution in [2.24, 2.45) is 0 Å². The first-order valence-electron chi connectivity index (χ1n) is 9.03. The fraction of sp³-hybridized carbons (Fsp3) is 0.526. The van der Waals surface area contributed by atoms with Crippen molar-refractivity contribution in [2.45, 2.75) is 13.0 Å². The summed E-state index contributed by atoms with van der Waals surface area (Å²) < 4.78 is 6.23. The van der Waals surface area contributed by atoms with Gasteiger partial charge in [-0.3, -0.25) is 14.6 Å². The summed E-state index contributed by atoms with van der Waals surface area (Å²) in [5, 5.41) is 4.99. The van der Waals surface area contributed by atoms with E-state index < -0.39 is 0 Å². The molecule has 0 bridgehead atoms. The van der Waals surface area contributed by atoms with Crippen molar-refractivity contribution in [2.75, 3.05) is 53.0 Å². The molecule has 0 aliphatic carbocycles. The Bertz CT molecular complexity index is 729. The minimum Gasteiger partial charge on any atom is -0.385 e. The minimum atomic E-state index is 0.0992. The fourth-order valence-corrected chi connectivity index (χ4v) is 4.71. The average Bonchev–Trinajstić information content (AvgIpc) is 2.96. The number of rotatable bonds is 8. The van der Waals surface area contributed by atoms with Gasteiger partial charge in [0.05, 0.1) is 11.6 Å². The molecule has 2 heterocycles. The predicted octanol–water partition coefficient (Wildman–Crippen LogP) is 2.83. The van der Waals surface area contributed by atoms with Crippen molar-refractivity contribution in [1.29, 1.82) is 0 Å². The second-order valence-corrected chi connectivity index (χ2v) is 8.10. The molecule has 5 nitrogen and oxygen atoms in total. The lowest BCUT2D eigenvalue weighted by Gasteiger charge is -2.34. The Hall–Kier alpha value is -1.18. The number of ether oxygens (including phenoxy) is 1. The molecule has 0 saturated carbocycles.